The zero-order valence-electron chi connectivity index (χ0n) is 15.7. The van der Waals surface area contributed by atoms with Crippen LogP contribution in [-0.4, -0.2) is 34.0 Å². The highest BCUT2D eigenvalue weighted by Gasteiger charge is 2.34. The molecule has 11 nitrogen and oxygen atoms in total. The lowest BCUT2D eigenvalue weighted by Gasteiger charge is -2.28. The second-order valence-corrected chi connectivity index (χ2v) is 9.02. The zero-order chi connectivity index (χ0) is 21.9. The number of hydrogen-bond acceptors (Lipinski definition) is 11. The van der Waals surface area contributed by atoms with Crippen molar-refractivity contribution in [3.63, 3.8) is 0 Å². The molecule has 0 saturated heterocycles. The molecule has 0 aliphatic rings. The molecule has 13 heteroatoms. The Hall–Kier alpha value is -2.06. The number of hydrogen-bond donors (Lipinski definition) is 1. The Bertz CT molecular complexity index is 975. The van der Waals surface area contributed by atoms with Gasteiger partial charge >= 0.3 is 32.7 Å². The lowest BCUT2D eigenvalue weighted by Crippen LogP contribution is -2.28. The monoisotopic (exact) mass is 440 g/mol. The second-order valence-electron chi connectivity index (χ2n) is 6.52. The fourth-order valence-corrected chi connectivity index (χ4v) is 4.07. The summed E-state index contributed by atoms with van der Waals surface area (Å²) < 4.78 is 60.1. The summed E-state index contributed by atoms with van der Waals surface area (Å²) in [7, 11) is -10.7. The molecule has 0 aliphatic heterocycles. The van der Waals surface area contributed by atoms with Crippen LogP contribution in [0.4, 0.5) is 0 Å². The van der Waals surface area contributed by atoms with Gasteiger partial charge in [-0.15, -0.1) is 0 Å². The van der Waals surface area contributed by atoms with E-state index in [1.54, 1.807) is 39.8 Å². The number of carbonyl (C=O) groups is 2. The van der Waals surface area contributed by atoms with Crippen molar-refractivity contribution in [2.45, 2.75) is 46.5 Å². The minimum atomic E-state index is -5.36. The fraction of sp³-hybridized carbons (Fsp3) is 0.467. The predicted octanol–water partition coefficient (Wildman–Crippen LogP) is 1.44. The van der Waals surface area contributed by atoms with Crippen LogP contribution in [0.15, 0.2) is 12.1 Å². The Morgan fingerprint density at radius 1 is 1.07 bits per heavy atom. The summed E-state index contributed by atoms with van der Waals surface area (Å²) >= 11 is 0. The van der Waals surface area contributed by atoms with Crippen LogP contribution in [0, 0.1) is 13.8 Å². The predicted molar refractivity (Wildman–Crippen MR) is 93.6 cm³/mol. The van der Waals surface area contributed by atoms with Crippen molar-refractivity contribution >= 4 is 32.7 Å². The molecule has 0 heterocycles. The van der Waals surface area contributed by atoms with E-state index in [-0.39, 0.29) is 5.75 Å². The standard InChI is InChI=1S/C15H20O11S2/c1-9-6-10(2)14(12(7-9)23-11(3)16)15(4,5)8-13(17)24-27(19,20)26-28(21,22)25-18/h6-7,18H,8H2,1-5H3. The van der Waals surface area contributed by atoms with Crippen LogP contribution in [0.25, 0.3) is 0 Å². The van der Waals surface area contributed by atoms with E-state index < -0.39 is 44.6 Å². The van der Waals surface area contributed by atoms with Crippen LogP contribution in [0.1, 0.15) is 43.9 Å². The van der Waals surface area contributed by atoms with Crippen molar-refractivity contribution < 1.29 is 48.6 Å². The number of ether oxygens (including phenoxy) is 1. The summed E-state index contributed by atoms with van der Waals surface area (Å²) in [5.74, 6) is -1.75. The van der Waals surface area contributed by atoms with Gasteiger partial charge in [0.15, 0.2) is 0 Å². The van der Waals surface area contributed by atoms with E-state index in [0.29, 0.717) is 11.1 Å². The van der Waals surface area contributed by atoms with Crippen molar-refractivity contribution in [3.05, 3.63) is 28.8 Å². The van der Waals surface area contributed by atoms with E-state index in [1.165, 1.54) is 6.92 Å². The van der Waals surface area contributed by atoms with Gasteiger partial charge in [0.1, 0.15) is 5.75 Å². The summed E-state index contributed by atoms with van der Waals surface area (Å²) in [6, 6.07) is 3.36. The van der Waals surface area contributed by atoms with Gasteiger partial charge in [0.05, 0.1) is 6.42 Å². The molecule has 1 aromatic carbocycles. The normalized spacial score (nSPS) is 12.5. The Morgan fingerprint density at radius 2 is 1.64 bits per heavy atom. The third kappa shape index (κ3) is 6.83. The number of esters is 1. The largest absolute Gasteiger partial charge is 0.468 e. The van der Waals surface area contributed by atoms with Crippen LogP contribution in [-0.2, 0) is 47.9 Å². The average molecular weight is 440 g/mol. The molecule has 0 unspecified atom stereocenters. The average Bonchev–Trinajstić information content (AvgIpc) is 2.42. The Kier molecular flexibility index (Phi) is 7.30. The van der Waals surface area contributed by atoms with Gasteiger partial charge in [-0.2, -0.15) is 16.8 Å². The molecule has 1 aromatic rings. The minimum Gasteiger partial charge on any atom is -0.426 e. The third-order valence-electron chi connectivity index (χ3n) is 3.41. The SMILES string of the molecule is CC(=O)Oc1cc(C)cc(C)c1C(C)(C)CC(=O)OS(=O)(=O)OS(=O)(=O)OO. The van der Waals surface area contributed by atoms with Gasteiger partial charge in [-0.25, -0.2) is 5.26 Å². The van der Waals surface area contributed by atoms with Crippen molar-refractivity contribution in [2.24, 2.45) is 0 Å². The van der Waals surface area contributed by atoms with E-state index in [4.69, 9.17) is 9.99 Å². The first-order valence-corrected chi connectivity index (χ1v) is 10.3. The molecule has 0 aromatic heterocycles. The van der Waals surface area contributed by atoms with E-state index in [9.17, 15) is 26.4 Å². The van der Waals surface area contributed by atoms with Crippen molar-refractivity contribution in [3.8, 4) is 5.75 Å². The van der Waals surface area contributed by atoms with E-state index >= 15 is 0 Å². The summed E-state index contributed by atoms with van der Waals surface area (Å²) in [6.45, 7) is 7.84. The summed E-state index contributed by atoms with van der Waals surface area (Å²) in [4.78, 5) is 23.4. The van der Waals surface area contributed by atoms with Crippen molar-refractivity contribution in [2.75, 3.05) is 0 Å². The summed E-state index contributed by atoms with van der Waals surface area (Å²) in [5, 5.41) is 8.02. The molecule has 0 amide bonds. The maximum absolute atomic E-state index is 12.0. The zero-order valence-corrected chi connectivity index (χ0v) is 17.3. The molecule has 0 aliphatic carbocycles. The Balaban J connectivity index is 3.15. The van der Waals surface area contributed by atoms with Crippen LogP contribution in [0.2, 0.25) is 0 Å². The molecule has 0 saturated carbocycles. The molecule has 0 bridgehead atoms. The smallest absolute Gasteiger partial charge is 0.426 e. The molecule has 1 N–H and O–H groups in total. The number of aryl methyl sites for hydroxylation is 2. The lowest BCUT2D eigenvalue weighted by molar-refractivity contribution is -0.140. The maximum Gasteiger partial charge on any atom is 0.468 e. The first-order valence-electron chi connectivity index (χ1n) is 7.65. The highest BCUT2D eigenvalue weighted by molar-refractivity contribution is 7.95. The van der Waals surface area contributed by atoms with Gasteiger partial charge in [0, 0.05) is 17.9 Å². The van der Waals surface area contributed by atoms with Gasteiger partial charge in [-0.05, 0) is 31.0 Å². The highest BCUT2D eigenvalue weighted by Crippen LogP contribution is 2.38. The lowest BCUT2D eigenvalue weighted by atomic mass is 9.78. The van der Waals surface area contributed by atoms with Crippen LogP contribution >= 0.6 is 0 Å². The molecule has 158 valence electrons. The quantitative estimate of drug-likeness (QED) is 0.269. The number of carbonyl (C=O) groups excluding carboxylic acids is 2. The first kappa shape index (κ1) is 24.0. The van der Waals surface area contributed by atoms with Gasteiger partial charge in [-0.1, -0.05) is 27.9 Å². The number of rotatable bonds is 8. The molecular weight excluding hydrogens is 420 g/mol. The highest BCUT2D eigenvalue weighted by atomic mass is 32.3. The minimum absolute atomic E-state index is 0.193. The topological polar surface area (TPSA) is 160 Å². The van der Waals surface area contributed by atoms with Gasteiger partial charge in [-0.3, -0.25) is 9.59 Å². The number of benzene rings is 1. The third-order valence-corrected chi connectivity index (χ3v) is 5.32. The Morgan fingerprint density at radius 3 is 2.14 bits per heavy atom. The van der Waals surface area contributed by atoms with E-state index in [2.05, 4.69) is 12.1 Å². The summed E-state index contributed by atoms with van der Waals surface area (Å²) in [5.41, 5.74) is 0.835. The van der Waals surface area contributed by atoms with E-state index in [1.807, 2.05) is 0 Å². The molecule has 28 heavy (non-hydrogen) atoms. The van der Waals surface area contributed by atoms with Crippen LogP contribution in [0.5, 0.6) is 5.75 Å². The van der Waals surface area contributed by atoms with E-state index in [0.717, 1.165) is 5.56 Å². The second kappa shape index (κ2) is 8.53. The van der Waals surface area contributed by atoms with Crippen molar-refractivity contribution in [1.82, 2.24) is 0 Å². The fourth-order valence-electron chi connectivity index (χ4n) is 2.75. The molecule has 1 rings (SSSR count). The molecular formula is C15H20O11S2. The first-order chi connectivity index (χ1) is 12.6. The Labute approximate surface area is 162 Å². The van der Waals surface area contributed by atoms with Gasteiger partial charge in [0.2, 0.25) is 0 Å². The molecule has 0 radical (unpaired) electrons. The van der Waals surface area contributed by atoms with Gasteiger partial charge < -0.3 is 8.92 Å². The van der Waals surface area contributed by atoms with Crippen LogP contribution < -0.4 is 4.74 Å². The molecule has 0 fully saturated rings. The molecule has 0 atom stereocenters. The maximum atomic E-state index is 12.0. The van der Waals surface area contributed by atoms with Gasteiger partial charge in [0.25, 0.3) is 0 Å². The molecule has 0 spiro atoms. The van der Waals surface area contributed by atoms with Crippen molar-refractivity contribution in [1.29, 1.82) is 0 Å². The summed E-state index contributed by atoms with van der Waals surface area (Å²) in [6.07, 6.45) is -0.548. The van der Waals surface area contributed by atoms with Crippen LogP contribution in [0.3, 0.4) is 0 Å².